The van der Waals surface area contributed by atoms with E-state index in [9.17, 15) is 14.4 Å². The predicted molar refractivity (Wildman–Crippen MR) is 207 cm³/mol. The van der Waals surface area contributed by atoms with Crippen LogP contribution >= 0.6 is 0 Å². The summed E-state index contributed by atoms with van der Waals surface area (Å²) >= 11 is 0. The fourth-order valence-electron chi connectivity index (χ4n) is 9.19. The Hall–Kier alpha value is -4.77. The van der Waals surface area contributed by atoms with Crippen LogP contribution in [0.1, 0.15) is 94.2 Å². The Morgan fingerprint density at radius 1 is 0.981 bits per heavy atom. The number of aryl methyl sites for hydroxylation is 1. The molecule has 1 N–H and O–H groups in total. The van der Waals surface area contributed by atoms with Crippen LogP contribution in [-0.4, -0.2) is 87.5 Å². The van der Waals surface area contributed by atoms with Crippen LogP contribution in [0.5, 0.6) is 0 Å². The van der Waals surface area contributed by atoms with Gasteiger partial charge in [-0.2, -0.15) is 0 Å². The van der Waals surface area contributed by atoms with Crippen LogP contribution in [0.25, 0.3) is 22.3 Å². The van der Waals surface area contributed by atoms with Gasteiger partial charge in [-0.15, -0.1) is 0 Å². The molecule has 4 aliphatic rings. The minimum atomic E-state index is -0.635. The molecule has 11 heteroatoms. The minimum absolute atomic E-state index is 0.0612. The average Bonchev–Trinajstić information content (AvgIpc) is 3.77. The molecule has 2 aromatic carbocycles. The first kappa shape index (κ1) is 35.3. The van der Waals surface area contributed by atoms with Gasteiger partial charge < -0.3 is 24.4 Å². The van der Waals surface area contributed by atoms with Gasteiger partial charge in [0.25, 0.3) is 0 Å². The van der Waals surface area contributed by atoms with Crippen LogP contribution in [0, 0.1) is 12.3 Å². The molecule has 2 saturated heterocycles. The van der Waals surface area contributed by atoms with Crippen LogP contribution < -0.4 is 10.2 Å². The zero-order valence-electron chi connectivity index (χ0n) is 32.0. The van der Waals surface area contributed by atoms with E-state index in [0.717, 1.165) is 65.0 Å². The van der Waals surface area contributed by atoms with E-state index < -0.39 is 11.4 Å². The largest absolute Gasteiger partial charge is 0.465 e. The van der Waals surface area contributed by atoms with Crippen molar-refractivity contribution in [1.29, 1.82) is 0 Å². The lowest BCUT2D eigenvalue weighted by Crippen LogP contribution is -2.57. The first-order valence-electron chi connectivity index (χ1n) is 19.1. The number of carbonyl (C=O) groups excluding carboxylic acids is 3. The van der Waals surface area contributed by atoms with E-state index in [1.807, 2.05) is 36.4 Å². The Labute approximate surface area is 311 Å². The van der Waals surface area contributed by atoms with Gasteiger partial charge in [0.1, 0.15) is 5.52 Å². The van der Waals surface area contributed by atoms with E-state index in [0.29, 0.717) is 54.5 Å². The second kappa shape index (κ2) is 13.0. The van der Waals surface area contributed by atoms with Crippen molar-refractivity contribution in [3.8, 4) is 11.3 Å². The lowest BCUT2D eigenvalue weighted by Gasteiger charge is -2.46. The van der Waals surface area contributed by atoms with Crippen molar-refractivity contribution in [2.24, 2.45) is 5.41 Å². The number of carbonyl (C=O) groups is 3. The number of aromatic nitrogens is 3. The van der Waals surface area contributed by atoms with Gasteiger partial charge in [0.2, 0.25) is 11.8 Å². The standard InChI is InChI=1S/C42H51N7O4/c1-25(2)48-24-43-35-22-34(45-38(37(35)48)44-29-10-8-26(3)32(19-29)39(51)53-7)28-9-11-33-36(18-28)49(31-20-30(21-31)47-15-12-41(5,6)23-47)40(52)42(33)13-16-46(17-14-42)27(4)50/h8-11,18-19,22,24-25,30-31H,12-17,20-21,23H2,1-7H3,(H,44,45). The van der Waals surface area contributed by atoms with Crippen LogP contribution in [0.4, 0.5) is 17.2 Å². The third-order valence-electron chi connectivity index (χ3n) is 12.4. The highest BCUT2D eigenvalue weighted by Crippen LogP contribution is 2.52. The number of hydrogen-bond donors (Lipinski definition) is 1. The van der Waals surface area contributed by atoms with Crippen molar-refractivity contribution in [2.45, 2.75) is 97.2 Å². The Morgan fingerprint density at radius 3 is 2.40 bits per heavy atom. The molecule has 53 heavy (non-hydrogen) atoms. The number of pyridine rings is 1. The average molecular weight is 718 g/mol. The SMILES string of the molecule is COC(=O)c1cc(Nc2nc(-c3ccc4c(c3)N(C3CC(N5CCC(C)(C)C5)C3)C(=O)C43CCN(C(C)=O)CC3)cc3ncn(C(C)C)c23)ccc1C. The highest BCUT2D eigenvalue weighted by molar-refractivity contribution is 6.09. The number of ether oxygens (including phenoxy) is 1. The number of piperidine rings is 1. The maximum Gasteiger partial charge on any atom is 0.338 e. The van der Waals surface area contributed by atoms with Crippen molar-refractivity contribution in [3.63, 3.8) is 0 Å². The number of nitrogens with zero attached hydrogens (tertiary/aromatic N) is 6. The van der Waals surface area contributed by atoms with Gasteiger partial charge in [-0.05, 0) is 100 Å². The van der Waals surface area contributed by atoms with Gasteiger partial charge in [0.15, 0.2) is 5.82 Å². The van der Waals surface area contributed by atoms with Crippen molar-refractivity contribution in [3.05, 3.63) is 65.5 Å². The lowest BCUT2D eigenvalue weighted by molar-refractivity contribution is -0.134. The first-order chi connectivity index (χ1) is 25.3. The maximum atomic E-state index is 14.8. The fourth-order valence-corrected chi connectivity index (χ4v) is 9.19. The highest BCUT2D eigenvalue weighted by atomic mass is 16.5. The van der Waals surface area contributed by atoms with Gasteiger partial charge >= 0.3 is 5.97 Å². The predicted octanol–water partition coefficient (Wildman–Crippen LogP) is 7.01. The second-order valence-electron chi connectivity index (χ2n) is 16.8. The number of amides is 2. The van der Waals surface area contributed by atoms with Crippen LogP contribution in [0.15, 0.2) is 48.8 Å². The summed E-state index contributed by atoms with van der Waals surface area (Å²) in [5.41, 5.74) is 7.06. The lowest BCUT2D eigenvalue weighted by atomic mass is 9.73. The van der Waals surface area contributed by atoms with E-state index in [1.54, 1.807) is 13.0 Å². The van der Waals surface area contributed by atoms with E-state index in [2.05, 4.69) is 65.6 Å². The van der Waals surface area contributed by atoms with Crippen LogP contribution in [0.3, 0.4) is 0 Å². The molecule has 5 heterocycles. The summed E-state index contributed by atoms with van der Waals surface area (Å²) < 4.78 is 7.14. The van der Waals surface area contributed by atoms with Crippen molar-refractivity contribution >= 4 is 46.0 Å². The minimum Gasteiger partial charge on any atom is -0.465 e. The van der Waals surface area contributed by atoms with Crippen molar-refractivity contribution < 1.29 is 19.1 Å². The number of rotatable bonds is 7. The first-order valence-corrected chi connectivity index (χ1v) is 19.1. The second-order valence-corrected chi connectivity index (χ2v) is 16.8. The third kappa shape index (κ3) is 5.97. The molecule has 0 atom stereocenters. The van der Waals surface area contributed by atoms with Crippen LogP contribution in [-0.2, 0) is 19.7 Å². The zero-order chi connectivity index (χ0) is 37.4. The molecule has 1 saturated carbocycles. The molecular weight excluding hydrogens is 667 g/mol. The smallest absolute Gasteiger partial charge is 0.338 e. The third-order valence-corrected chi connectivity index (χ3v) is 12.4. The zero-order valence-corrected chi connectivity index (χ0v) is 32.0. The monoisotopic (exact) mass is 717 g/mol. The molecule has 1 aliphatic carbocycles. The number of hydrogen-bond acceptors (Lipinski definition) is 8. The summed E-state index contributed by atoms with van der Waals surface area (Å²) in [5, 5.41) is 3.51. The summed E-state index contributed by atoms with van der Waals surface area (Å²) in [6.07, 6.45) is 6.24. The summed E-state index contributed by atoms with van der Waals surface area (Å²) in [7, 11) is 1.39. The molecule has 8 rings (SSSR count). The van der Waals surface area contributed by atoms with Crippen LogP contribution in [0.2, 0.25) is 0 Å². The Morgan fingerprint density at radius 2 is 1.74 bits per heavy atom. The Bertz CT molecular complexity index is 2120. The molecule has 2 amide bonds. The normalized spacial score (nSPS) is 22.1. The molecule has 11 nitrogen and oxygen atoms in total. The van der Waals surface area contributed by atoms with Gasteiger partial charge in [-0.3, -0.25) is 14.5 Å². The maximum absolute atomic E-state index is 14.8. The molecule has 0 bridgehead atoms. The molecule has 3 fully saturated rings. The summed E-state index contributed by atoms with van der Waals surface area (Å²) in [6.45, 7) is 15.8. The molecular formula is C42H51N7O4. The molecule has 4 aromatic rings. The van der Waals surface area contributed by atoms with Crippen molar-refractivity contribution in [1.82, 2.24) is 24.3 Å². The van der Waals surface area contributed by atoms with E-state index >= 15 is 0 Å². The number of benzene rings is 2. The number of esters is 1. The number of anilines is 3. The van der Waals surface area contributed by atoms with Gasteiger partial charge in [-0.1, -0.05) is 32.0 Å². The van der Waals surface area contributed by atoms with Gasteiger partial charge in [0.05, 0.1) is 35.6 Å². The molecule has 278 valence electrons. The summed E-state index contributed by atoms with van der Waals surface area (Å²) in [6, 6.07) is 14.8. The number of methoxy groups -OCH3 is 1. The van der Waals surface area contributed by atoms with E-state index in [1.165, 1.54) is 13.5 Å². The van der Waals surface area contributed by atoms with E-state index in [-0.39, 0.29) is 23.9 Å². The molecule has 2 aromatic heterocycles. The number of imidazole rings is 1. The van der Waals surface area contributed by atoms with Gasteiger partial charge in [0, 0.05) is 61.6 Å². The number of fused-ring (bicyclic) bond motifs is 3. The number of nitrogens with one attached hydrogen (secondary N) is 1. The Balaban J connectivity index is 1.18. The summed E-state index contributed by atoms with van der Waals surface area (Å²) in [4.78, 5) is 56.3. The number of likely N-dealkylation sites (tertiary alicyclic amines) is 2. The van der Waals surface area contributed by atoms with Crippen molar-refractivity contribution in [2.75, 3.05) is 43.5 Å². The molecule has 3 aliphatic heterocycles. The summed E-state index contributed by atoms with van der Waals surface area (Å²) in [5.74, 6) is 0.473. The fraction of sp³-hybridized carbons (Fsp3) is 0.500. The quantitative estimate of drug-likeness (QED) is 0.203. The van der Waals surface area contributed by atoms with E-state index in [4.69, 9.17) is 14.7 Å². The molecule has 1 spiro atoms. The topological polar surface area (TPSA) is 113 Å². The molecule has 0 unspecified atom stereocenters. The highest BCUT2D eigenvalue weighted by Gasteiger charge is 2.56. The molecule has 0 radical (unpaired) electrons. The van der Waals surface area contributed by atoms with Gasteiger partial charge in [-0.25, -0.2) is 14.8 Å². The Kier molecular flexibility index (Phi) is 8.63.